The summed E-state index contributed by atoms with van der Waals surface area (Å²) in [6.07, 6.45) is 5.93. The van der Waals surface area contributed by atoms with E-state index in [0.29, 0.717) is 24.6 Å². The lowest BCUT2D eigenvalue weighted by molar-refractivity contribution is -0.140. The zero-order chi connectivity index (χ0) is 19.6. The minimum atomic E-state index is -0.255. The highest BCUT2D eigenvalue weighted by Gasteiger charge is 2.29. The quantitative estimate of drug-likeness (QED) is 0.665. The fraction of sp³-hybridized carbons (Fsp3) is 0.450. The van der Waals surface area contributed by atoms with Crippen LogP contribution in [0.3, 0.4) is 0 Å². The number of aromatic nitrogens is 5. The van der Waals surface area contributed by atoms with Crippen LogP contribution in [0.5, 0.6) is 0 Å². The summed E-state index contributed by atoms with van der Waals surface area (Å²) < 4.78 is 7.33. The summed E-state index contributed by atoms with van der Waals surface area (Å²) in [4.78, 5) is 21.0. The molecule has 3 aromatic rings. The first kappa shape index (κ1) is 18.0. The molecule has 2 fully saturated rings. The predicted molar refractivity (Wildman–Crippen MR) is 106 cm³/mol. The molecule has 0 aliphatic carbocycles. The van der Waals surface area contributed by atoms with Gasteiger partial charge in [0.15, 0.2) is 11.5 Å². The molecule has 150 valence electrons. The molecule has 0 N–H and O–H groups in total. The molecule has 3 aromatic heterocycles. The van der Waals surface area contributed by atoms with E-state index >= 15 is 0 Å². The zero-order valence-corrected chi connectivity index (χ0v) is 16.1. The average molecular weight is 393 g/mol. The van der Waals surface area contributed by atoms with Crippen LogP contribution in [0, 0.1) is 0 Å². The molecule has 1 unspecified atom stereocenters. The van der Waals surface area contributed by atoms with Crippen LogP contribution < -0.4 is 4.90 Å². The summed E-state index contributed by atoms with van der Waals surface area (Å²) in [5.41, 5.74) is 1.56. The van der Waals surface area contributed by atoms with E-state index in [9.17, 15) is 4.79 Å². The van der Waals surface area contributed by atoms with E-state index in [1.54, 1.807) is 16.9 Å². The molecule has 0 bridgehead atoms. The van der Waals surface area contributed by atoms with Crippen molar-refractivity contribution in [3.8, 4) is 11.4 Å². The van der Waals surface area contributed by atoms with Crippen LogP contribution in [-0.2, 0) is 9.53 Å². The first-order chi connectivity index (χ1) is 14.3. The van der Waals surface area contributed by atoms with Crippen molar-refractivity contribution in [1.82, 2.24) is 29.7 Å². The Balaban J connectivity index is 1.36. The second kappa shape index (κ2) is 7.75. The van der Waals surface area contributed by atoms with Crippen LogP contribution in [-0.4, -0.2) is 74.5 Å². The number of fused-ring (bicyclic) bond motifs is 1. The molecule has 1 amide bonds. The van der Waals surface area contributed by atoms with E-state index in [4.69, 9.17) is 9.84 Å². The van der Waals surface area contributed by atoms with E-state index in [0.717, 1.165) is 50.3 Å². The van der Waals surface area contributed by atoms with Crippen LogP contribution in [0.25, 0.3) is 17.0 Å². The van der Waals surface area contributed by atoms with Crippen molar-refractivity contribution < 1.29 is 9.53 Å². The lowest BCUT2D eigenvalue weighted by Gasteiger charge is -2.24. The van der Waals surface area contributed by atoms with Crippen molar-refractivity contribution in [1.29, 1.82) is 0 Å². The highest BCUT2D eigenvalue weighted by molar-refractivity contribution is 5.81. The number of carbonyl (C=O) groups is 1. The lowest BCUT2D eigenvalue weighted by atomic mass is 10.2. The number of ether oxygens (including phenoxy) is 1. The zero-order valence-electron chi connectivity index (χ0n) is 16.1. The fourth-order valence-corrected chi connectivity index (χ4v) is 3.97. The van der Waals surface area contributed by atoms with Crippen molar-refractivity contribution in [3.63, 3.8) is 0 Å². The topological polar surface area (TPSA) is 88.8 Å². The summed E-state index contributed by atoms with van der Waals surface area (Å²) in [6.45, 7) is 3.71. The minimum absolute atomic E-state index is 0.130. The second-order valence-electron chi connectivity index (χ2n) is 7.39. The Kier molecular flexibility index (Phi) is 4.81. The largest absolute Gasteiger partial charge is 0.368 e. The molecule has 0 radical (unpaired) electrons. The van der Waals surface area contributed by atoms with Gasteiger partial charge >= 0.3 is 0 Å². The summed E-state index contributed by atoms with van der Waals surface area (Å²) in [7, 11) is 0. The van der Waals surface area contributed by atoms with E-state index < -0.39 is 0 Å². The van der Waals surface area contributed by atoms with E-state index in [2.05, 4.69) is 20.1 Å². The number of anilines is 1. The van der Waals surface area contributed by atoms with Crippen LogP contribution in [0.4, 0.5) is 5.82 Å². The van der Waals surface area contributed by atoms with Crippen molar-refractivity contribution >= 4 is 17.4 Å². The predicted octanol–water partition coefficient (Wildman–Crippen LogP) is 1.40. The van der Waals surface area contributed by atoms with Gasteiger partial charge in [0.1, 0.15) is 11.9 Å². The van der Waals surface area contributed by atoms with E-state index in [1.165, 1.54) is 0 Å². The number of amides is 1. The Morgan fingerprint density at radius 2 is 2.03 bits per heavy atom. The molecular formula is C20H23N7O2. The van der Waals surface area contributed by atoms with Crippen LogP contribution >= 0.6 is 0 Å². The van der Waals surface area contributed by atoms with Crippen LogP contribution in [0.15, 0.2) is 36.7 Å². The molecule has 0 aromatic carbocycles. The lowest BCUT2D eigenvalue weighted by Crippen LogP contribution is -2.41. The van der Waals surface area contributed by atoms with Gasteiger partial charge in [-0.25, -0.2) is 0 Å². The molecule has 9 nitrogen and oxygen atoms in total. The van der Waals surface area contributed by atoms with Gasteiger partial charge in [-0.3, -0.25) is 9.78 Å². The van der Waals surface area contributed by atoms with Crippen molar-refractivity contribution in [3.05, 3.63) is 36.7 Å². The number of pyridine rings is 1. The van der Waals surface area contributed by atoms with E-state index in [1.807, 2.05) is 29.2 Å². The Morgan fingerprint density at radius 1 is 1.07 bits per heavy atom. The third-order valence-electron chi connectivity index (χ3n) is 5.51. The first-order valence-electron chi connectivity index (χ1n) is 10.1. The van der Waals surface area contributed by atoms with Gasteiger partial charge in [0, 0.05) is 50.7 Å². The SMILES string of the molecule is O=C(C1CCCO1)N1CCCN(c2ccc3nnc(-c4cccnc4)n3n2)CC1. The van der Waals surface area contributed by atoms with Gasteiger partial charge in [0.25, 0.3) is 5.91 Å². The third-order valence-corrected chi connectivity index (χ3v) is 5.51. The van der Waals surface area contributed by atoms with Crippen molar-refractivity contribution in [2.75, 3.05) is 37.7 Å². The first-order valence-corrected chi connectivity index (χ1v) is 10.1. The molecule has 29 heavy (non-hydrogen) atoms. The minimum Gasteiger partial charge on any atom is -0.368 e. The maximum atomic E-state index is 12.7. The maximum Gasteiger partial charge on any atom is 0.251 e. The van der Waals surface area contributed by atoms with Gasteiger partial charge < -0.3 is 14.5 Å². The molecule has 2 aliphatic rings. The molecule has 1 atom stereocenters. The van der Waals surface area contributed by atoms with Crippen LogP contribution in [0.1, 0.15) is 19.3 Å². The van der Waals surface area contributed by atoms with E-state index in [-0.39, 0.29) is 12.0 Å². The number of rotatable bonds is 3. The molecule has 0 saturated carbocycles. The second-order valence-corrected chi connectivity index (χ2v) is 7.39. The van der Waals surface area contributed by atoms with Crippen molar-refractivity contribution in [2.24, 2.45) is 0 Å². The number of hydrogen-bond acceptors (Lipinski definition) is 7. The smallest absolute Gasteiger partial charge is 0.251 e. The fourth-order valence-electron chi connectivity index (χ4n) is 3.97. The maximum absolute atomic E-state index is 12.7. The highest BCUT2D eigenvalue weighted by atomic mass is 16.5. The molecule has 5 heterocycles. The average Bonchev–Trinajstić information content (AvgIpc) is 3.38. The van der Waals surface area contributed by atoms with Gasteiger partial charge in [-0.1, -0.05) is 0 Å². The van der Waals surface area contributed by atoms with Gasteiger partial charge in [0.2, 0.25) is 0 Å². The molecule has 5 rings (SSSR count). The Hall–Kier alpha value is -3.07. The van der Waals surface area contributed by atoms with Crippen LogP contribution in [0.2, 0.25) is 0 Å². The van der Waals surface area contributed by atoms with Gasteiger partial charge in [-0.2, -0.15) is 4.52 Å². The molecule has 2 saturated heterocycles. The van der Waals surface area contributed by atoms with Gasteiger partial charge in [-0.05, 0) is 43.5 Å². The standard InChI is InChI=1S/C20H23N7O2/c28-20(16-5-2-13-29-16)26-10-3-9-25(11-12-26)18-7-6-17-22-23-19(27(17)24-18)15-4-1-8-21-14-15/h1,4,6-8,14,16H,2-3,5,9-13H2. The molecule has 2 aliphatic heterocycles. The summed E-state index contributed by atoms with van der Waals surface area (Å²) in [5.74, 6) is 1.65. The normalized spacial score (nSPS) is 20.2. The summed E-state index contributed by atoms with van der Waals surface area (Å²) >= 11 is 0. The number of carbonyl (C=O) groups excluding carboxylic acids is 1. The molecule has 9 heteroatoms. The molecule has 0 spiro atoms. The van der Waals surface area contributed by atoms with Crippen molar-refractivity contribution in [2.45, 2.75) is 25.4 Å². The summed E-state index contributed by atoms with van der Waals surface area (Å²) in [5, 5.41) is 13.3. The Labute approximate surface area is 168 Å². The van der Waals surface area contributed by atoms with Gasteiger partial charge in [-0.15, -0.1) is 15.3 Å². The molecular weight excluding hydrogens is 370 g/mol. The third kappa shape index (κ3) is 3.53. The number of hydrogen-bond donors (Lipinski definition) is 0. The monoisotopic (exact) mass is 393 g/mol. The summed E-state index contributed by atoms with van der Waals surface area (Å²) in [6, 6.07) is 7.71. The Morgan fingerprint density at radius 3 is 2.86 bits per heavy atom. The Bertz CT molecular complexity index is 1000. The number of nitrogens with zero attached hydrogens (tertiary/aromatic N) is 7. The highest BCUT2D eigenvalue weighted by Crippen LogP contribution is 2.21. The van der Waals surface area contributed by atoms with Gasteiger partial charge in [0.05, 0.1) is 0 Å².